The molecule has 6 heteroatoms. The van der Waals surface area contributed by atoms with Gasteiger partial charge in [0, 0.05) is 20.6 Å². The van der Waals surface area contributed by atoms with Gasteiger partial charge >= 0.3 is 0 Å². The lowest BCUT2D eigenvalue weighted by Gasteiger charge is -2.28. The van der Waals surface area contributed by atoms with Gasteiger partial charge in [0.25, 0.3) is 5.91 Å². The fraction of sp³-hybridized carbons (Fsp3) is 0.200. The van der Waals surface area contributed by atoms with Crippen LogP contribution in [0.4, 0.5) is 5.69 Å². The predicted molar refractivity (Wildman–Crippen MR) is 104 cm³/mol. The fourth-order valence-corrected chi connectivity index (χ4v) is 3.69. The van der Waals surface area contributed by atoms with E-state index in [1.807, 2.05) is 0 Å². The van der Waals surface area contributed by atoms with Crippen molar-refractivity contribution >= 4 is 44.9 Å². The molecule has 0 aliphatic carbocycles. The molecule has 1 heterocycles. The Morgan fingerprint density at radius 3 is 2.62 bits per heavy atom. The second kappa shape index (κ2) is 6.88. The number of terminal acetylenes is 1. The third-order valence-electron chi connectivity index (χ3n) is 4.63. The summed E-state index contributed by atoms with van der Waals surface area (Å²) >= 11 is 9.22. The minimum Gasteiger partial charge on any atom is -0.375 e. The molecule has 2 aromatic rings. The van der Waals surface area contributed by atoms with Crippen LogP contribution >= 0.6 is 27.5 Å². The highest BCUT2D eigenvalue weighted by atomic mass is 79.9. The van der Waals surface area contributed by atoms with E-state index in [0.29, 0.717) is 26.3 Å². The third-order valence-corrected chi connectivity index (χ3v) is 5.37. The number of amides is 1. The van der Waals surface area contributed by atoms with Gasteiger partial charge < -0.3 is 5.11 Å². The van der Waals surface area contributed by atoms with Crippen LogP contribution in [0.2, 0.25) is 5.02 Å². The van der Waals surface area contributed by atoms with E-state index in [2.05, 4.69) is 21.9 Å². The summed E-state index contributed by atoms with van der Waals surface area (Å²) in [6.45, 7) is 1.55. The van der Waals surface area contributed by atoms with Crippen molar-refractivity contribution in [3.63, 3.8) is 0 Å². The normalized spacial score (nSPS) is 19.8. The Balaban J connectivity index is 2.09. The van der Waals surface area contributed by atoms with E-state index in [0.717, 1.165) is 0 Å². The van der Waals surface area contributed by atoms with Gasteiger partial charge in [-0.2, -0.15) is 0 Å². The van der Waals surface area contributed by atoms with E-state index >= 15 is 0 Å². The first-order valence-electron chi connectivity index (χ1n) is 7.88. The van der Waals surface area contributed by atoms with Crippen molar-refractivity contribution in [2.75, 3.05) is 11.4 Å². The molecule has 2 atom stereocenters. The van der Waals surface area contributed by atoms with Crippen LogP contribution in [0.15, 0.2) is 46.9 Å². The minimum atomic E-state index is -1.99. The molecule has 1 aliphatic rings. The molecule has 0 fully saturated rings. The van der Waals surface area contributed by atoms with E-state index in [1.54, 1.807) is 49.4 Å². The van der Waals surface area contributed by atoms with Crippen LogP contribution in [0, 0.1) is 18.3 Å². The summed E-state index contributed by atoms with van der Waals surface area (Å²) in [6, 6.07) is 11.4. The average Bonchev–Trinajstić information content (AvgIpc) is 2.84. The molecule has 0 aromatic heterocycles. The Bertz CT molecular complexity index is 935. The van der Waals surface area contributed by atoms with E-state index < -0.39 is 17.4 Å². The van der Waals surface area contributed by atoms with Gasteiger partial charge in [0.15, 0.2) is 11.4 Å². The Labute approximate surface area is 164 Å². The Morgan fingerprint density at radius 2 is 2.00 bits per heavy atom. The van der Waals surface area contributed by atoms with Gasteiger partial charge in [0.2, 0.25) is 0 Å². The summed E-state index contributed by atoms with van der Waals surface area (Å²) in [5.74, 6) is 0.460. The van der Waals surface area contributed by atoms with Crippen molar-refractivity contribution in [2.24, 2.45) is 5.92 Å². The third kappa shape index (κ3) is 2.84. The van der Waals surface area contributed by atoms with Gasteiger partial charge in [-0.05, 0) is 42.5 Å². The average molecular weight is 433 g/mol. The number of fused-ring (bicyclic) bond motifs is 1. The quantitative estimate of drug-likeness (QED) is 0.591. The van der Waals surface area contributed by atoms with E-state index in [1.165, 1.54) is 4.90 Å². The van der Waals surface area contributed by atoms with Gasteiger partial charge in [-0.3, -0.25) is 14.5 Å². The second-order valence-corrected chi connectivity index (χ2v) is 7.47. The Hall–Kier alpha value is -2.13. The maximum Gasteiger partial charge on any atom is 0.265 e. The van der Waals surface area contributed by atoms with Crippen molar-refractivity contribution in [2.45, 2.75) is 12.5 Å². The number of hydrogen-bond acceptors (Lipinski definition) is 3. The van der Waals surface area contributed by atoms with Crippen molar-refractivity contribution in [1.29, 1.82) is 0 Å². The number of aliphatic hydroxyl groups is 1. The van der Waals surface area contributed by atoms with E-state index in [9.17, 15) is 14.7 Å². The monoisotopic (exact) mass is 431 g/mol. The van der Waals surface area contributed by atoms with Gasteiger partial charge in [-0.1, -0.05) is 40.4 Å². The molecule has 0 saturated carbocycles. The van der Waals surface area contributed by atoms with E-state index in [4.69, 9.17) is 18.0 Å². The van der Waals surface area contributed by atoms with Crippen molar-refractivity contribution < 1.29 is 14.7 Å². The van der Waals surface area contributed by atoms with Crippen LogP contribution in [-0.4, -0.2) is 23.3 Å². The van der Waals surface area contributed by atoms with Crippen LogP contribution in [0.5, 0.6) is 0 Å². The number of rotatable bonds is 4. The summed E-state index contributed by atoms with van der Waals surface area (Å²) in [5, 5.41) is 11.9. The molecule has 0 spiro atoms. The van der Waals surface area contributed by atoms with Gasteiger partial charge in [-0.15, -0.1) is 6.42 Å². The first kappa shape index (κ1) is 18.7. The SMILES string of the molecule is C#CCN1C(=O)[C@](O)([C@@H](C)C(=O)c2ccc(Cl)cc2)c2cc(Br)ccc21. The molecule has 0 bridgehead atoms. The van der Waals surface area contributed by atoms with Gasteiger partial charge in [-0.25, -0.2) is 0 Å². The summed E-state index contributed by atoms with van der Waals surface area (Å²) < 4.78 is 0.691. The first-order chi connectivity index (χ1) is 12.3. The first-order valence-corrected chi connectivity index (χ1v) is 9.05. The van der Waals surface area contributed by atoms with Gasteiger partial charge in [0.05, 0.1) is 18.2 Å². The number of benzene rings is 2. The van der Waals surface area contributed by atoms with Crippen LogP contribution in [0.1, 0.15) is 22.8 Å². The minimum absolute atomic E-state index is 0.0115. The number of Topliss-reactive ketones (excluding diaryl/α,β-unsaturated/α-hetero) is 1. The van der Waals surface area contributed by atoms with E-state index in [-0.39, 0.29) is 12.3 Å². The Kier molecular flexibility index (Phi) is 4.94. The molecule has 1 aliphatic heterocycles. The number of nitrogens with zero attached hydrogens (tertiary/aromatic N) is 1. The highest BCUT2D eigenvalue weighted by Gasteiger charge is 2.55. The number of halogens is 2. The molecule has 132 valence electrons. The van der Waals surface area contributed by atoms with Crippen molar-refractivity contribution in [1.82, 2.24) is 0 Å². The van der Waals surface area contributed by atoms with Crippen molar-refractivity contribution in [3.05, 3.63) is 63.1 Å². The summed E-state index contributed by atoms with van der Waals surface area (Å²) in [4.78, 5) is 27.3. The lowest BCUT2D eigenvalue weighted by Crippen LogP contribution is -2.47. The lowest BCUT2D eigenvalue weighted by atomic mass is 9.79. The number of carbonyl (C=O) groups excluding carboxylic acids is 2. The van der Waals surface area contributed by atoms with Crippen LogP contribution < -0.4 is 4.90 Å². The molecular formula is C20H15BrClNO3. The molecule has 0 radical (unpaired) electrons. The molecule has 1 N–H and O–H groups in total. The highest BCUT2D eigenvalue weighted by molar-refractivity contribution is 9.10. The smallest absolute Gasteiger partial charge is 0.265 e. The standard InChI is InChI=1S/C20H15BrClNO3/c1-3-10-23-17-9-6-14(21)11-16(17)20(26,19(23)25)12(2)18(24)13-4-7-15(22)8-5-13/h1,4-9,11-12,26H,10H2,2H3/t12-,20-/m0/s1. The number of anilines is 1. The Morgan fingerprint density at radius 1 is 1.35 bits per heavy atom. The van der Waals surface area contributed by atoms with Crippen molar-refractivity contribution in [3.8, 4) is 12.3 Å². The molecule has 0 saturated heterocycles. The number of carbonyl (C=O) groups is 2. The molecule has 3 rings (SSSR count). The lowest BCUT2D eigenvalue weighted by molar-refractivity contribution is -0.139. The highest BCUT2D eigenvalue weighted by Crippen LogP contribution is 2.46. The number of ketones is 1. The zero-order valence-corrected chi connectivity index (χ0v) is 16.2. The molecule has 4 nitrogen and oxygen atoms in total. The van der Waals surface area contributed by atoms with Crippen LogP contribution in [0.25, 0.3) is 0 Å². The molecular weight excluding hydrogens is 418 g/mol. The fourth-order valence-electron chi connectivity index (χ4n) is 3.20. The maximum atomic E-state index is 13.0. The summed E-state index contributed by atoms with van der Waals surface area (Å²) in [6.07, 6.45) is 5.37. The molecule has 1 amide bonds. The molecule has 0 unspecified atom stereocenters. The zero-order chi connectivity index (χ0) is 19.1. The topological polar surface area (TPSA) is 57.6 Å². The number of hydrogen-bond donors (Lipinski definition) is 1. The second-order valence-electron chi connectivity index (χ2n) is 6.12. The summed E-state index contributed by atoms with van der Waals surface area (Å²) in [5.41, 5.74) is -0.751. The maximum absolute atomic E-state index is 13.0. The van der Waals surface area contributed by atoms with Crippen LogP contribution in [0.3, 0.4) is 0 Å². The predicted octanol–water partition coefficient (Wildman–Crippen LogP) is 3.79. The largest absolute Gasteiger partial charge is 0.375 e. The summed E-state index contributed by atoms with van der Waals surface area (Å²) in [7, 11) is 0. The molecule has 2 aromatic carbocycles. The van der Waals surface area contributed by atoms with Crippen LogP contribution in [-0.2, 0) is 10.4 Å². The zero-order valence-electron chi connectivity index (χ0n) is 13.9. The van der Waals surface area contributed by atoms with Gasteiger partial charge in [0.1, 0.15) is 0 Å². The molecule has 26 heavy (non-hydrogen) atoms.